The number of carbonyl (C=O) groups excluding carboxylic acids is 1. The highest BCUT2D eigenvalue weighted by Crippen LogP contribution is 2.76. The Labute approximate surface area is 170 Å². The Balaban J connectivity index is 1.61. The summed E-state index contributed by atoms with van der Waals surface area (Å²) in [5, 5.41) is 12.1. The van der Waals surface area contributed by atoms with Crippen molar-refractivity contribution in [3.05, 3.63) is 51.6 Å². The minimum absolute atomic E-state index is 0.214. The van der Waals surface area contributed by atoms with Crippen molar-refractivity contribution in [3.8, 4) is 5.75 Å². The van der Waals surface area contributed by atoms with Crippen molar-refractivity contribution in [3.63, 3.8) is 0 Å². The van der Waals surface area contributed by atoms with Gasteiger partial charge in [-0.25, -0.2) is 0 Å². The molecule has 0 N–H and O–H groups in total. The zero-order valence-electron chi connectivity index (χ0n) is 17.1. The van der Waals surface area contributed by atoms with Gasteiger partial charge in [0.05, 0.1) is 7.11 Å². The van der Waals surface area contributed by atoms with Crippen LogP contribution in [0.4, 0.5) is 0 Å². The van der Waals surface area contributed by atoms with Gasteiger partial charge in [0.1, 0.15) is 5.75 Å². The van der Waals surface area contributed by atoms with Gasteiger partial charge >= 0.3 is 5.97 Å². The third-order valence-corrected chi connectivity index (χ3v) is 8.69. The van der Waals surface area contributed by atoms with Gasteiger partial charge in [0.2, 0.25) is 5.60 Å². The fourth-order valence-corrected chi connectivity index (χ4v) is 7.48. The molecule has 0 aliphatic heterocycles. The van der Waals surface area contributed by atoms with Crippen LogP contribution in [0.5, 0.6) is 5.75 Å². The molecule has 1 aromatic rings. The highest BCUT2D eigenvalue weighted by Gasteiger charge is 2.80. The van der Waals surface area contributed by atoms with Crippen LogP contribution in [-0.4, -0.2) is 29.6 Å². The van der Waals surface area contributed by atoms with Gasteiger partial charge in [-0.1, -0.05) is 19.1 Å². The Hall–Kier alpha value is -2.37. The van der Waals surface area contributed by atoms with E-state index in [2.05, 4.69) is 25.1 Å². The summed E-state index contributed by atoms with van der Waals surface area (Å²) < 4.78 is 11.2. The molecule has 0 spiro atoms. The van der Waals surface area contributed by atoms with E-state index in [0.29, 0.717) is 18.3 Å². The van der Waals surface area contributed by atoms with Gasteiger partial charge in [-0.05, 0) is 66.9 Å². The predicted octanol–water partition coefficient (Wildman–Crippen LogP) is 4.05. The van der Waals surface area contributed by atoms with E-state index in [4.69, 9.17) is 9.47 Å². The number of hydrogen-bond acceptors (Lipinski definition) is 5. The summed E-state index contributed by atoms with van der Waals surface area (Å²) in [6, 6.07) is 5.47. The molecule has 4 aliphatic rings. The molecule has 154 valence electrons. The van der Waals surface area contributed by atoms with Crippen molar-refractivity contribution in [2.24, 2.45) is 16.7 Å². The molecule has 6 nitrogen and oxygen atoms in total. The summed E-state index contributed by atoms with van der Waals surface area (Å²) >= 11 is 0. The van der Waals surface area contributed by atoms with Gasteiger partial charge in [0.25, 0.3) is 6.04 Å². The Morgan fingerprint density at radius 2 is 2.07 bits per heavy atom. The van der Waals surface area contributed by atoms with E-state index in [1.807, 2.05) is 12.1 Å². The van der Waals surface area contributed by atoms with Crippen molar-refractivity contribution in [2.45, 2.75) is 63.5 Å². The Kier molecular flexibility index (Phi) is 3.75. The van der Waals surface area contributed by atoms with Crippen LogP contribution in [0.25, 0.3) is 0 Å². The van der Waals surface area contributed by atoms with Gasteiger partial charge in [0.15, 0.2) is 0 Å². The number of ether oxygens (including phenoxy) is 2. The molecular formula is C23H27NO5. The molecule has 29 heavy (non-hydrogen) atoms. The molecule has 0 radical (unpaired) electrons. The second-order valence-corrected chi connectivity index (χ2v) is 9.45. The van der Waals surface area contributed by atoms with Gasteiger partial charge in [-0.3, -0.25) is 14.9 Å². The first-order valence-corrected chi connectivity index (χ1v) is 10.5. The maximum atomic E-state index is 12.1. The van der Waals surface area contributed by atoms with Gasteiger partial charge in [-0.2, -0.15) is 0 Å². The smallest absolute Gasteiger partial charge is 0.303 e. The first-order chi connectivity index (χ1) is 13.8. The van der Waals surface area contributed by atoms with Crippen LogP contribution in [0, 0.1) is 26.9 Å². The second kappa shape index (κ2) is 5.83. The van der Waals surface area contributed by atoms with E-state index in [1.165, 1.54) is 18.1 Å². The first kappa shape index (κ1) is 18.6. The monoisotopic (exact) mass is 397 g/mol. The number of benzene rings is 1. The maximum absolute atomic E-state index is 12.1. The topological polar surface area (TPSA) is 78.7 Å². The molecule has 6 atom stereocenters. The molecule has 0 heterocycles. The lowest BCUT2D eigenvalue weighted by atomic mass is 9.48. The van der Waals surface area contributed by atoms with E-state index >= 15 is 0 Å². The number of methoxy groups -OCH3 is 1. The van der Waals surface area contributed by atoms with Crippen molar-refractivity contribution < 1.29 is 19.2 Å². The Morgan fingerprint density at radius 3 is 2.76 bits per heavy atom. The van der Waals surface area contributed by atoms with Crippen LogP contribution in [0.3, 0.4) is 0 Å². The van der Waals surface area contributed by atoms with Crippen LogP contribution in [0.1, 0.15) is 56.6 Å². The summed E-state index contributed by atoms with van der Waals surface area (Å²) in [5.41, 5.74) is 0.826. The van der Waals surface area contributed by atoms with Crippen molar-refractivity contribution in [2.75, 3.05) is 7.11 Å². The minimum atomic E-state index is -1.13. The highest BCUT2D eigenvalue weighted by atomic mass is 16.6. The van der Waals surface area contributed by atoms with Crippen LogP contribution in [-0.2, 0) is 16.0 Å². The zero-order valence-corrected chi connectivity index (χ0v) is 17.1. The number of nitro groups is 1. The largest absolute Gasteiger partial charge is 0.497 e. The van der Waals surface area contributed by atoms with Crippen molar-refractivity contribution >= 4 is 5.97 Å². The lowest BCUT2D eigenvalue weighted by Gasteiger charge is -2.56. The van der Waals surface area contributed by atoms with Gasteiger partial charge in [-0.15, -0.1) is 0 Å². The summed E-state index contributed by atoms with van der Waals surface area (Å²) in [4.78, 5) is 23.8. The van der Waals surface area contributed by atoms with Gasteiger partial charge in [0, 0.05) is 29.1 Å². The number of aryl methyl sites for hydroxylation is 1. The molecule has 2 saturated carbocycles. The van der Waals surface area contributed by atoms with E-state index < -0.39 is 23.0 Å². The number of rotatable bonds is 3. The standard InChI is InChI=1S/C23H27NO5/c1-14(25)29-23-11-10-22(13-20(23)24(26)27)19-7-4-15-12-16(28-3)5-6-17(15)18(19)8-9-21(22,23)2/h5-6,10-12,18-20H,4,7-9,13H2,1-3H3/t18-,19-,20-,21+,22+,23+/m1/s1. The second-order valence-electron chi connectivity index (χ2n) is 9.45. The quantitative estimate of drug-likeness (QED) is 0.333. The number of allylic oxidation sites excluding steroid dienone is 1. The molecule has 0 aromatic heterocycles. The van der Waals surface area contributed by atoms with Crippen molar-refractivity contribution in [1.82, 2.24) is 0 Å². The fourth-order valence-electron chi connectivity index (χ4n) is 7.48. The summed E-state index contributed by atoms with van der Waals surface area (Å²) in [6.07, 6.45) is 8.21. The number of nitrogens with zero attached hydrogens (tertiary/aromatic N) is 1. The van der Waals surface area contributed by atoms with Crippen LogP contribution < -0.4 is 4.74 Å². The molecule has 0 saturated heterocycles. The van der Waals surface area contributed by atoms with E-state index in [-0.39, 0.29) is 10.3 Å². The first-order valence-electron chi connectivity index (χ1n) is 10.5. The molecule has 4 aliphatic carbocycles. The minimum Gasteiger partial charge on any atom is -0.497 e. The third kappa shape index (κ3) is 2.10. The number of fused-ring (bicyclic) bond motifs is 3. The molecule has 1 aromatic carbocycles. The number of esters is 1. The number of carbonyl (C=O) groups is 1. The summed E-state index contributed by atoms with van der Waals surface area (Å²) in [5.74, 6) is 1.13. The lowest BCUT2D eigenvalue weighted by molar-refractivity contribution is -0.540. The Morgan fingerprint density at radius 1 is 1.28 bits per heavy atom. The fraction of sp³-hybridized carbons (Fsp3) is 0.609. The summed E-state index contributed by atoms with van der Waals surface area (Å²) in [7, 11) is 1.69. The lowest BCUT2D eigenvalue weighted by Crippen LogP contribution is -2.56. The van der Waals surface area contributed by atoms with E-state index in [9.17, 15) is 14.9 Å². The Bertz CT molecular complexity index is 941. The molecule has 0 amide bonds. The molecule has 2 bridgehead atoms. The van der Waals surface area contributed by atoms with Crippen LogP contribution in [0.15, 0.2) is 30.4 Å². The van der Waals surface area contributed by atoms with E-state index in [1.54, 1.807) is 7.11 Å². The predicted molar refractivity (Wildman–Crippen MR) is 106 cm³/mol. The van der Waals surface area contributed by atoms with Crippen LogP contribution in [0.2, 0.25) is 0 Å². The van der Waals surface area contributed by atoms with Crippen LogP contribution >= 0.6 is 0 Å². The molecule has 5 rings (SSSR count). The van der Waals surface area contributed by atoms with E-state index in [0.717, 1.165) is 31.4 Å². The molecule has 6 heteroatoms. The SMILES string of the molecule is COc1ccc2c(c1)CC[C@@H]1[C@@H]2CC[C@@]2(C)[C@]13C=C[C@]2(OC(C)=O)[C@H]([N+](=O)[O-])C3. The van der Waals surface area contributed by atoms with Gasteiger partial charge < -0.3 is 9.47 Å². The molecule has 2 fully saturated rings. The summed E-state index contributed by atoms with van der Waals surface area (Å²) in [6.45, 7) is 3.48. The van der Waals surface area contributed by atoms with Crippen molar-refractivity contribution in [1.29, 1.82) is 0 Å². The highest BCUT2D eigenvalue weighted by molar-refractivity contribution is 5.68. The molecule has 0 unspecified atom stereocenters. The normalized spacial score (nSPS) is 41.3. The zero-order chi connectivity index (χ0) is 20.6. The number of hydrogen-bond donors (Lipinski definition) is 0. The average Bonchev–Trinajstić information content (AvgIpc) is 3.07. The third-order valence-electron chi connectivity index (χ3n) is 8.69. The maximum Gasteiger partial charge on any atom is 0.303 e. The molecular weight excluding hydrogens is 370 g/mol. The average molecular weight is 397 g/mol.